The third-order valence-corrected chi connectivity index (χ3v) is 1.93. The molecule has 0 amide bonds. The van der Waals surface area contributed by atoms with Crippen LogP contribution in [-0.4, -0.2) is 17.7 Å². The molecular formula is C10H12FNO3. The number of rotatable bonds is 2. The maximum Gasteiger partial charge on any atom is 0.345 e. The number of carbonyl (C=O) groups excluding carboxylic acids is 1. The number of halogens is 1. The second kappa shape index (κ2) is 4.16. The van der Waals surface area contributed by atoms with E-state index in [0.717, 1.165) is 0 Å². The molecular weight excluding hydrogens is 201 g/mol. The molecule has 1 aromatic rings. The third kappa shape index (κ3) is 2.01. The van der Waals surface area contributed by atoms with E-state index >= 15 is 0 Å². The lowest BCUT2D eigenvalue weighted by atomic mass is 10.1. The summed E-state index contributed by atoms with van der Waals surface area (Å²) >= 11 is 0. The van der Waals surface area contributed by atoms with Crippen molar-refractivity contribution < 1.29 is 19.0 Å². The minimum atomic E-state index is -0.914. The van der Waals surface area contributed by atoms with Crippen molar-refractivity contribution in [3.63, 3.8) is 0 Å². The standard InChI is InChI=1S/C10H12FNO3/c1-3-15-10(14)7-8(11)5(2)4-6(12)9(7)13/h4,13H,3,12H2,1-2H3. The predicted octanol–water partition coefficient (Wildman–Crippen LogP) is 1.60. The number of aromatic hydroxyl groups is 1. The van der Waals surface area contributed by atoms with Crippen LogP contribution in [0.3, 0.4) is 0 Å². The monoisotopic (exact) mass is 213 g/mol. The van der Waals surface area contributed by atoms with Gasteiger partial charge in [0.1, 0.15) is 11.4 Å². The zero-order valence-electron chi connectivity index (χ0n) is 8.50. The highest BCUT2D eigenvalue weighted by Gasteiger charge is 2.22. The van der Waals surface area contributed by atoms with E-state index in [9.17, 15) is 14.3 Å². The number of phenolic OH excluding ortho intramolecular Hbond substituents is 1. The zero-order valence-corrected chi connectivity index (χ0v) is 8.50. The maximum atomic E-state index is 13.5. The average molecular weight is 213 g/mol. The highest BCUT2D eigenvalue weighted by atomic mass is 19.1. The lowest BCUT2D eigenvalue weighted by Crippen LogP contribution is -2.10. The van der Waals surface area contributed by atoms with Crippen LogP contribution in [0.1, 0.15) is 22.8 Å². The van der Waals surface area contributed by atoms with Gasteiger partial charge < -0.3 is 15.6 Å². The largest absolute Gasteiger partial charge is 0.505 e. The van der Waals surface area contributed by atoms with E-state index in [1.54, 1.807) is 6.92 Å². The van der Waals surface area contributed by atoms with Gasteiger partial charge in [-0.2, -0.15) is 0 Å². The lowest BCUT2D eigenvalue weighted by molar-refractivity contribution is 0.0517. The summed E-state index contributed by atoms with van der Waals surface area (Å²) in [6.45, 7) is 3.14. The summed E-state index contributed by atoms with van der Waals surface area (Å²) < 4.78 is 18.1. The van der Waals surface area contributed by atoms with E-state index in [4.69, 9.17) is 5.73 Å². The number of ether oxygens (including phenoxy) is 1. The Kier molecular flexibility index (Phi) is 3.14. The van der Waals surface area contributed by atoms with Crippen LogP contribution in [0.5, 0.6) is 5.75 Å². The summed E-state index contributed by atoms with van der Waals surface area (Å²) in [4.78, 5) is 11.3. The summed E-state index contributed by atoms with van der Waals surface area (Å²) in [5.41, 5.74) is 5.04. The van der Waals surface area contributed by atoms with Crippen LogP contribution in [0.15, 0.2) is 6.07 Å². The fourth-order valence-corrected chi connectivity index (χ4v) is 1.20. The Labute approximate surface area is 86.5 Å². The van der Waals surface area contributed by atoms with E-state index in [-0.39, 0.29) is 17.9 Å². The fourth-order valence-electron chi connectivity index (χ4n) is 1.20. The van der Waals surface area contributed by atoms with Crippen molar-refractivity contribution in [3.05, 3.63) is 23.0 Å². The van der Waals surface area contributed by atoms with Crippen LogP contribution >= 0.6 is 0 Å². The molecule has 0 saturated heterocycles. The minimum absolute atomic E-state index is 0.0445. The van der Waals surface area contributed by atoms with E-state index in [1.165, 1.54) is 13.0 Å². The van der Waals surface area contributed by atoms with Gasteiger partial charge in [-0.05, 0) is 25.5 Å². The number of aryl methyl sites for hydroxylation is 1. The third-order valence-electron chi connectivity index (χ3n) is 1.93. The number of nitrogens with two attached hydrogens (primary N) is 1. The molecule has 0 heterocycles. The Bertz CT molecular complexity index is 378. The minimum Gasteiger partial charge on any atom is -0.505 e. The molecule has 15 heavy (non-hydrogen) atoms. The Morgan fingerprint density at radius 1 is 1.67 bits per heavy atom. The Morgan fingerprint density at radius 3 is 2.80 bits per heavy atom. The molecule has 0 aliphatic heterocycles. The van der Waals surface area contributed by atoms with Crippen LogP contribution in [0.2, 0.25) is 0 Å². The van der Waals surface area contributed by atoms with Gasteiger partial charge in [-0.25, -0.2) is 9.18 Å². The highest BCUT2D eigenvalue weighted by Crippen LogP contribution is 2.30. The van der Waals surface area contributed by atoms with Crippen molar-refractivity contribution >= 4 is 11.7 Å². The first-order valence-electron chi connectivity index (χ1n) is 4.43. The Morgan fingerprint density at radius 2 is 2.27 bits per heavy atom. The van der Waals surface area contributed by atoms with Crippen molar-refractivity contribution in [1.29, 1.82) is 0 Å². The van der Waals surface area contributed by atoms with Crippen LogP contribution in [0.25, 0.3) is 0 Å². The molecule has 1 aromatic carbocycles. The lowest BCUT2D eigenvalue weighted by Gasteiger charge is -2.09. The molecule has 3 N–H and O–H groups in total. The van der Waals surface area contributed by atoms with Crippen LogP contribution in [0, 0.1) is 12.7 Å². The average Bonchev–Trinajstić information content (AvgIpc) is 2.16. The molecule has 0 aliphatic rings. The second-order valence-electron chi connectivity index (χ2n) is 3.04. The molecule has 0 fully saturated rings. The van der Waals surface area contributed by atoms with Crippen molar-refractivity contribution in [2.45, 2.75) is 13.8 Å². The number of esters is 1. The molecule has 0 bridgehead atoms. The number of carbonyl (C=O) groups is 1. The molecule has 4 nitrogen and oxygen atoms in total. The topological polar surface area (TPSA) is 72.5 Å². The molecule has 0 atom stereocenters. The van der Waals surface area contributed by atoms with Crippen molar-refractivity contribution in [1.82, 2.24) is 0 Å². The van der Waals surface area contributed by atoms with Crippen LogP contribution in [0.4, 0.5) is 10.1 Å². The van der Waals surface area contributed by atoms with Gasteiger partial charge in [-0.15, -0.1) is 0 Å². The van der Waals surface area contributed by atoms with Gasteiger partial charge in [0.15, 0.2) is 5.75 Å². The number of phenols is 1. The predicted molar refractivity (Wildman–Crippen MR) is 53.2 cm³/mol. The summed E-state index contributed by atoms with van der Waals surface area (Å²) in [6, 6.07) is 1.26. The van der Waals surface area contributed by atoms with Gasteiger partial charge in [0.25, 0.3) is 0 Å². The SMILES string of the molecule is CCOC(=O)c1c(O)c(N)cc(C)c1F. The number of nitrogen functional groups attached to an aromatic ring is 1. The van der Waals surface area contributed by atoms with Crippen molar-refractivity contribution in [2.24, 2.45) is 0 Å². The molecule has 5 heteroatoms. The summed E-state index contributed by atoms with van der Waals surface area (Å²) in [5, 5.41) is 9.43. The van der Waals surface area contributed by atoms with Gasteiger partial charge in [-0.3, -0.25) is 0 Å². The van der Waals surface area contributed by atoms with Crippen molar-refractivity contribution in [3.8, 4) is 5.75 Å². The van der Waals surface area contributed by atoms with E-state index in [1.807, 2.05) is 0 Å². The first-order valence-corrected chi connectivity index (χ1v) is 4.43. The van der Waals surface area contributed by atoms with Crippen LogP contribution < -0.4 is 5.73 Å². The second-order valence-corrected chi connectivity index (χ2v) is 3.04. The summed E-state index contributed by atoms with van der Waals surface area (Å²) in [7, 11) is 0. The number of benzene rings is 1. The molecule has 0 aliphatic carbocycles. The first-order chi connectivity index (χ1) is 6.99. The van der Waals surface area contributed by atoms with Gasteiger partial charge in [-0.1, -0.05) is 0 Å². The normalized spacial score (nSPS) is 10.1. The Hall–Kier alpha value is -1.78. The zero-order chi connectivity index (χ0) is 11.6. The molecule has 0 radical (unpaired) electrons. The number of hydrogen-bond donors (Lipinski definition) is 2. The van der Waals surface area contributed by atoms with Gasteiger partial charge >= 0.3 is 5.97 Å². The number of anilines is 1. The quantitative estimate of drug-likeness (QED) is 0.444. The van der Waals surface area contributed by atoms with E-state index in [2.05, 4.69) is 4.74 Å². The molecule has 0 unspecified atom stereocenters. The highest BCUT2D eigenvalue weighted by molar-refractivity contribution is 5.95. The van der Waals surface area contributed by atoms with Crippen molar-refractivity contribution in [2.75, 3.05) is 12.3 Å². The number of hydrogen-bond acceptors (Lipinski definition) is 4. The van der Waals surface area contributed by atoms with Gasteiger partial charge in [0.05, 0.1) is 12.3 Å². The molecule has 0 saturated carbocycles. The molecule has 1 rings (SSSR count). The summed E-state index contributed by atoms with van der Waals surface area (Å²) in [5.74, 6) is -2.29. The smallest absolute Gasteiger partial charge is 0.345 e. The van der Waals surface area contributed by atoms with Gasteiger partial charge in [0.2, 0.25) is 0 Å². The Balaban J connectivity index is 3.32. The molecule has 0 spiro atoms. The van der Waals surface area contributed by atoms with Crippen LogP contribution in [-0.2, 0) is 4.74 Å². The molecule has 0 aromatic heterocycles. The molecule has 82 valence electrons. The fraction of sp³-hybridized carbons (Fsp3) is 0.300. The van der Waals surface area contributed by atoms with E-state index < -0.39 is 23.1 Å². The van der Waals surface area contributed by atoms with Gasteiger partial charge in [0, 0.05) is 0 Å². The first kappa shape index (κ1) is 11.3. The summed E-state index contributed by atoms with van der Waals surface area (Å²) in [6.07, 6.45) is 0. The maximum absolute atomic E-state index is 13.5. The van der Waals surface area contributed by atoms with E-state index in [0.29, 0.717) is 0 Å².